The van der Waals surface area contributed by atoms with E-state index in [0.717, 1.165) is 10.8 Å². The molecule has 0 fully saturated rings. The predicted molar refractivity (Wildman–Crippen MR) is 65.2 cm³/mol. The number of hydrogen-bond acceptors (Lipinski definition) is 2. The minimum Gasteiger partial charge on any atom is -0.507 e. The molecule has 1 N–H and O–H groups in total. The summed E-state index contributed by atoms with van der Waals surface area (Å²) in [5.74, 6) is -0.149. The molecule has 2 aromatic carbocycles. The first-order valence-electron chi connectivity index (χ1n) is 5.07. The number of fused-ring (bicyclic) bond motifs is 1. The van der Waals surface area contributed by atoms with Gasteiger partial charge >= 0.3 is 0 Å². The van der Waals surface area contributed by atoms with Crippen LogP contribution in [0.3, 0.4) is 0 Å². The molecule has 0 saturated carbocycles. The van der Waals surface area contributed by atoms with Gasteiger partial charge in [0.05, 0.1) is 0 Å². The van der Waals surface area contributed by atoms with Gasteiger partial charge in [0, 0.05) is 11.6 Å². The Morgan fingerprint density at radius 2 is 1.81 bits per heavy atom. The zero-order valence-corrected chi connectivity index (χ0v) is 8.97. The van der Waals surface area contributed by atoms with E-state index < -0.39 is 0 Å². The largest absolute Gasteiger partial charge is 0.507 e. The molecule has 0 spiro atoms. The third-order valence-electron chi connectivity index (χ3n) is 2.39. The van der Waals surface area contributed by atoms with E-state index in [-0.39, 0.29) is 11.5 Å². The second kappa shape index (κ2) is 4.19. The highest BCUT2D eigenvalue weighted by Gasteiger charge is 2.01. The van der Waals surface area contributed by atoms with Crippen molar-refractivity contribution in [2.75, 3.05) is 0 Å². The Morgan fingerprint density at radius 1 is 1.12 bits per heavy atom. The fraction of sp³-hybridized carbons (Fsp3) is 0.0714. The van der Waals surface area contributed by atoms with Gasteiger partial charge in [-0.1, -0.05) is 36.4 Å². The van der Waals surface area contributed by atoms with E-state index in [1.165, 1.54) is 13.0 Å². The summed E-state index contributed by atoms with van der Waals surface area (Å²) in [6, 6.07) is 13.5. The summed E-state index contributed by atoms with van der Waals surface area (Å²) in [5.41, 5.74) is 0.661. The van der Waals surface area contributed by atoms with Crippen molar-refractivity contribution < 1.29 is 9.90 Å². The minimum absolute atomic E-state index is 0.0123. The number of aliphatic hydroxyl groups excluding tert-OH is 1. The molecule has 0 heterocycles. The Hall–Kier alpha value is -2.09. The summed E-state index contributed by atoms with van der Waals surface area (Å²) in [5, 5.41) is 11.8. The highest BCUT2D eigenvalue weighted by atomic mass is 16.3. The number of carbonyl (C=O) groups is 1. The van der Waals surface area contributed by atoms with Crippen molar-refractivity contribution in [3.63, 3.8) is 0 Å². The minimum atomic E-state index is -0.161. The van der Waals surface area contributed by atoms with Crippen LogP contribution in [0.2, 0.25) is 0 Å². The van der Waals surface area contributed by atoms with Crippen molar-refractivity contribution in [3.8, 4) is 0 Å². The third-order valence-corrected chi connectivity index (χ3v) is 2.39. The van der Waals surface area contributed by atoms with Gasteiger partial charge in [0.1, 0.15) is 5.76 Å². The Kier molecular flexibility index (Phi) is 2.73. The van der Waals surface area contributed by atoms with Crippen LogP contribution >= 0.6 is 0 Å². The van der Waals surface area contributed by atoms with Gasteiger partial charge in [0.25, 0.3) is 0 Å². The van der Waals surface area contributed by atoms with E-state index in [1.54, 1.807) is 6.07 Å². The van der Waals surface area contributed by atoms with Crippen molar-refractivity contribution in [3.05, 3.63) is 54.1 Å². The third kappa shape index (κ3) is 2.11. The molecule has 2 aromatic rings. The molecule has 16 heavy (non-hydrogen) atoms. The van der Waals surface area contributed by atoms with Crippen LogP contribution in [0.15, 0.2) is 48.5 Å². The SMILES string of the molecule is CC(=O)C=C(O)c1ccc2ccccc2c1. The zero-order chi connectivity index (χ0) is 11.5. The van der Waals surface area contributed by atoms with Crippen LogP contribution < -0.4 is 0 Å². The fourth-order valence-electron chi connectivity index (χ4n) is 1.62. The van der Waals surface area contributed by atoms with Gasteiger partial charge in [0.2, 0.25) is 0 Å². The lowest BCUT2D eigenvalue weighted by molar-refractivity contribution is -0.112. The van der Waals surface area contributed by atoms with Gasteiger partial charge in [-0.15, -0.1) is 0 Å². The molecule has 0 radical (unpaired) electrons. The standard InChI is InChI=1S/C14H12O2/c1-10(15)8-14(16)13-7-6-11-4-2-3-5-12(11)9-13/h2-9,16H,1H3. The Balaban J connectivity index is 2.51. The van der Waals surface area contributed by atoms with Gasteiger partial charge in [0.15, 0.2) is 5.78 Å². The summed E-state index contributed by atoms with van der Waals surface area (Å²) in [6.45, 7) is 1.41. The summed E-state index contributed by atoms with van der Waals surface area (Å²) < 4.78 is 0. The van der Waals surface area contributed by atoms with Crippen molar-refractivity contribution in [2.45, 2.75) is 6.92 Å². The van der Waals surface area contributed by atoms with Crippen LogP contribution in [0, 0.1) is 0 Å². The number of carbonyl (C=O) groups excluding carboxylic acids is 1. The highest BCUT2D eigenvalue weighted by Crippen LogP contribution is 2.19. The molecule has 0 atom stereocenters. The van der Waals surface area contributed by atoms with Crippen molar-refractivity contribution in [1.82, 2.24) is 0 Å². The summed E-state index contributed by atoms with van der Waals surface area (Å²) in [4.78, 5) is 10.9. The molecule has 0 bridgehead atoms. The molecular formula is C14H12O2. The molecule has 0 aromatic heterocycles. The number of ketones is 1. The lowest BCUT2D eigenvalue weighted by atomic mass is 10.1. The molecule has 2 rings (SSSR count). The first-order chi connectivity index (χ1) is 7.66. The first-order valence-corrected chi connectivity index (χ1v) is 5.07. The lowest BCUT2D eigenvalue weighted by Crippen LogP contribution is -1.88. The maximum Gasteiger partial charge on any atom is 0.156 e. The quantitative estimate of drug-likeness (QED) is 0.612. The molecule has 0 unspecified atom stereocenters. The average molecular weight is 212 g/mol. The van der Waals surface area contributed by atoms with E-state index in [2.05, 4.69) is 0 Å². The van der Waals surface area contributed by atoms with Crippen LogP contribution in [0.25, 0.3) is 16.5 Å². The Morgan fingerprint density at radius 3 is 2.50 bits per heavy atom. The first kappa shape index (κ1) is 10.4. The Bertz CT molecular complexity index is 568. The molecular weight excluding hydrogens is 200 g/mol. The van der Waals surface area contributed by atoms with Gasteiger partial charge in [-0.3, -0.25) is 4.79 Å². The predicted octanol–water partition coefficient (Wildman–Crippen LogP) is 3.33. The molecule has 0 aliphatic rings. The number of aliphatic hydroxyl groups is 1. The second-order valence-corrected chi connectivity index (χ2v) is 3.70. The number of rotatable bonds is 2. The molecule has 0 aliphatic heterocycles. The van der Waals surface area contributed by atoms with Gasteiger partial charge in [-0.2, -0.15) is 0 Å². The van der Waals surface area contributed by atoms with Crippen LogP contribution in [0.1, 0.15) is 12.5 Å². The fourth-order valence-corrected chi connectivity index (χ4v) is 1.62. The van der Waals surface area contributed by atoms with Crippen LogP contribution in [0.5, 0.6) is 0 Å². The molecule has 80 valence electrons. The van der Waals surface area contributed by atoms with E-state index in [9.17, 15) is 9.90 Å². The van der Waals surface area contributed by atoms with E-state index in [0.29, 0.717) is 5.56 Å². The van der Waals surface area contributed by atoms with Crippen LogP contribution in [-0.4, -0.2) is 10.9 Å². The van der Waals surface area contributed by atoms with Gasteiger partial charge in [-0.25, -0.2) is 0 Å². The smallest absolute Gasteiger partial charge is 0.156 e. The number of hydrogen-bond donors (Lipinski definition) is 1. The molecule has 2 heteroatoms. The normalized spacial score (nSPS) is 11.7. The summed E-state index contributed by atoms with van der Waals surface area (Å²) in [7, 11) is 0. The molecule has 0 saturated heterocycles. The topological polar surface area (TPSA) is 37.3 Å². The van der Waals surface area contributed by atoms with Crippen LogP contribution in [0.4, 0.5) is 0 Å². The zero-order valence-electron chi connectivity index (χ0n) is 8.97. The molecule has 0 amide bonds. The maximum atomic E-state index is 10.9. The number of allylic oxidation sites excluding steroid dienone is 1. The van der Waals surface area contributed by atoms with E-state index in [1.807, 2.05) is 36.4 Å². The van der Waals surface area contributed by atoms with Gasteiger partial charge < -0.3 is 5.11 Å². The van der Waals surface area contributed by atoms with Gasteiger partial charge in [-0.05, 0) is 23.8 Å². The van der Waals surface area contributed by atoms with Crippen molar-refractivity contribution >= 4 is 22.3 Å². The van der Waals surface area contributed by atoms with Crippen molar-refractivity contribution in [2.24, 2.45) is 0 Å². The van der Waals surface area contributed by atoms with E-state index >= 15 is 0 Å². The molecule has 2 nitrogen and oxygen atoms in total. The van der Waals surface area contributed by atoms with Crippen molar-refractivity contribution in [1.29, 1.82) is 0 Å². The highest BCUT2D eigenvalue weighted by molar-refractivity contribution is 5.94. The van der Waals surface area contributed by atoms with Crippen LogP contribution in [-0.2, 0) is 4.79 Å². The monoisotopic (exact) mass is 212 g/mol. The average Bonchev–Trinajstić information content (AvgIpc) is 2.27. The summed E-state index contributed by atoms with van der Waals surface area (Å²) in [6.07, 6.45) is 1.23. The number of benzene rings is 2. The molecule has 0 aliphatic carbocycles. The lowest BCUT2D eigenvalue weighted by Gasteiger charge is -2.02. The Labute approximate surface area is 93.8 Å². The van der Waals surface area contributed by atoms with E-state index in [4.69, 9.17) is 0 Å². The second-order valence-electron chi connectivity index (χ2n) is 3.70. The summed E-state index contributed by atoms with van der Waals surface area (Å²) >= 11 is 0. The maximum absolute atomic E-state index is 10.9.